The van der Waals surface area contributed by atoms with Gasteiger partial charge in [0.25, 0.3) is 0 Å². The molecule has 0 radical (unpaired) electrons. The van der Waals surface area contributed by atoms with Crippen molar-refractivity contribution in [3.8, 4) is 0 Å². The topological polar surface area (TPSA) is 48.1 Å². The molecule has 1 aliphatic rings. The van der Waals surface area contributed by atoms with Crippen molar-refractivity contribution in [1.29, 1.82) is 0 Å². The van der Waals surface area contributed by atoms with Crippen LogP contribution in [-0.4, -0.2) is 23.3 Å². The average molecular weight is 413 g/mol. The Hall–Kier alpha value is -2.18. The second-order valence-corrected chi connectivity index (χ2v) is 8.12. The van der Waals surface area contributed by atoms with Gasteiger partial charge in [0.2, 0.25) is 0 Å². The summed E-state index contributed by atoms with van der Waals surface area (Å²) in [5.41, 5.74) is 2.04. The lowest BCUT2D eigenvalue weighted by molar-refractivity contribution is 0.267. The molecule has 0 aromatic heterocycles. The van der Waals surface area contributed by atoms with Crippen molar-refractivity contribution < 1.29 is 0 Å². The molecule has 1 saturated carbocycles. The Kier molecular flexibility index (Phi) is 8.06. The highest BCUT2D eigenvalue weighted by Gasteiger charge is 2.22. The minimum atomic E-state index is 0.645. The van der Waals surface area contributed by atoms with E-state index in [2.05, 4.69) is 21.3 Å². The lowest BCUT2D eigenvalue weighted by Gasteiger charge is -2.30. The molecule has 2 atom stereocenters. The maximum absolute atomic E-state index is 5.42. The average Bonchev–Trinajstić information content (AvgIpc) is 2.73. The third-order valence-corrected chi connectivity index (χ3v) is 5.55. The molecule has 4 nitrogen and oxygen atoms in total. The first kappa shape index (κ1) is 20.6. The quantitative estimate of drug-likeness (QED) is 0.513. The maximum Gasteiger partial charge on any atom is 0.170 e. The van der Waals surface area contributed by atoms with E-state index in [0.717, 1.165) is 24.5 Å². The van der Waals surface area contributed by atoms with Crippen LogP contribution in [0.2, 0.25) is 0 Å². The van der Waals surface area contributed by atoms with Crippen LogP contribution in [0.15, 0.2) is 60.7 Å². The van der Waals surface area contributed by atoms with Crippen LogP contribution in [0.4, 0.5) is 11.4 Å². The van der Waals surface area contributed by atoms with Gasteiger partial charge in [0, 0.05) is 24.5 Å². The number of rotatable bonds is 6. The van der Waals surface area contributed by atoms with Gasteiger partial charge in [0.05, 0.1) is 0 Å². The van der Waals surface area contributed by atoms with Gasteiger partial charge in [-0.05, 0) is 79.8 Å². The predicted octanol–water partition coefficient (Wildman–Crippen LogP) is 4.77. The molecule has 0 heterocycles. The van der Waals surface area contributed by atoms with Crippen LogP contribution in [0.5, 0.6) is 0 Å². The van der Waals surface area contributed by atoms with Gasteiger partial charge in [-0.15, -0.1) is 0 Å². The molecule has 0 spiro atoms. The predicted molar refractivity (Wildman–Crippen MR) is 127 cm³/mol. The van der Waals surface area contributed by atoms with Gasteiger partial charge in [-0.25, -0.2) is 0 Å². The smallest absolute Gasteiger partial charge is 0.170 e. The highest BCUT2D eigenvalue weighted by Crippen LogP contribution is 2.28. The summed E-state index contributed by atoms with van der Waals surface area (Å²) in [5.74, 6) is 1.29. The number of para-hydroxylation sites is 2. The van der Waals surface area contributed by atoms with Crippen LogP contribution in [-0.2, 0) is 0 Å². The molecule has 0 aliphatic heterocycles. The maximum atomic E-state index is 5.42. The number of anilines is 2. The Balaban J connectivity index is 1.35. The fourth-order valence-electron chi connectivity index (χ4n) is 3.64. The Labute approximate surface area is 178 Å². The monoisotopic (exact) mass is 412 g/mol. The first-order chi connectivity index (χ1) is 13.7. The molecule has 0 saturated heterocycles. The first-order valence-corrected chi connectivity index (χ1v) is 10.7. The minimum absolute atomic E-state index is 0.645. The van der Waals surface area contributed by atoms with Gasteiger partial charge in [-0.3, -0.25) is 0 Å². The number of hydrogen-bond acceptors (Lipinski definition) is 2. The van der Waals surface area contributed by atoms with E-state index in [1.54, 1.807) is 0 Å². The zero-order valence-electron chi connectivity index (χ0n) is 16.0. The van der Waals surface area contributed by atoms with Crippen LogP contribution in [0.1, 0.15) is 25.7 Å². The summed E-state index contributed by atoms with van der Waals surface area (Å²) in [7, 11) is 0. The summed E-state index contributed by atoms with van der Waals surface area (Å²) >= 11 is 10.8. The molecule has 3 rings (SSSR count). The van der Waals surface area contributed by atoms with Gasteiger partial charge in [0.15, 0.2) is 10.2 Å². The van der Waals surface area contributed by atoms with E-state index in [4.69, 9.17) is 24.4 Å². The molecule has 1 fully saturated rings. The highest BCUT2D eigenvalue weighted by atomic mass is 32.1. The van der Waals surface area contributed by atoms with Crippen molar-refractivity contribution in [2.75, 3.05) is 23.7 Å². The third-order valence-electron chi connectivity index (χ3n) is 5.06. The first-order valence-electron chi connectivity index (χ1n) is 9.89. The van der Waals surface area contributed by atoms with Crippen molar-refractivity contribution in [2.24, 2.45) is 11.8 Å². The van der Waals surface area contributed by atoms with Crippen LogP contribution in [0, 0.1) is 11.8 Å². The largest absolute Gasteiger partial charge is 0.362 e. The van der Waals surface area contributed by atoms with E-state index in [0.29, 0.717) is 22.1 Å². The summed E-state index contributed by atoms with van der Waals surface area (Å²) in [5, 5.41) is 14.6. The van der Waals surface area contributed by atoms with Gasteiger partial charge < -0.3 is 21.3 Å². The molecule has 0 bridgehead atoms. The fourth-order valence-corrected chi connectivity index (χ4v) is 4.04. The van der Waals surface area contributed by atoms with Crippen molar-refractivity contribution in [3.63, 3.8) is 0 Å². The van der Waals surface area contributed by atoms with Crippen LogP contribution in [0.3, 0.4) is 0 Å². The van der Waals surface area contributed by atoms with E-state index in [1.165, 1.54) is 25.7 Å². The lowest BCUT2D eigenvalue weighted by atomic mass is 9.81. The summed E-state index contributed by atoms with van der Waals surface area (Å²) in [6.45, 7) is 1.84. The standard InChI is InChI=1S/C22H28N4S2/c27-21(25-19-10-3-1-4-11-19)23-15-17-8-7-9-18(14-17)16-24-22(28)26-20-12-5-2-6-13-20/h1-6,10-13,17-18H,7-9,14-16H2,(H2,23,25,27)(H2,24,26,28)/t17-,18+. The zero-order chi connectivity index (χ0) is 19.6. The number of hydrogen-bond donors (Lipinski definition) is 4. The van der Waals surface area contributed by atoms with Crippen molar-refractivity contribution in [2.45, 2.75) is 25.7 Å². The van der Waals surface area contributed by atoms with Gasteiger partial charge in [-0.2, -0.15) is 0 Å². The van der Waals surface area contributed by atoms with Crippen molar-refractivity contribution in [1.82, 2.24) is 10.6 Å². The molecule has 2 aromatic rings. The summed E-state index contributed by atoms with van der Waals surface area (Å²) < 4.78 is 0. The summed E-state index contributed by atoms with van der Waals surface area (Å²) in [4.78, 5) is 0. The number of nitrogens with one attached hydrogen (secondary N) is 4. The van der Waals surface area contributed by atoms with E-state index in [-0.39, 0.29) is 0 Å². The highest BCUT2D eigenvalue weighted by molar-refractivity contribution is 7.80. The second-order valence-electron chi connectivity index (χ2n) is 7.30. The zero-order valence-corrected chi connectivity index (χ0v) is 17.6. The van der Waals surface area contributed by atoms with Crippen LogP contribution in [0.25, 0.3) is 0 Å². The lowest BCUT2D eigenvalue weighted by Crippen LogP contribution is -2.38. The van der Waals surface area contributed by atoms with Gasteiger partial charge >= 0.3 is 0 Å². The molecule has 0 amide bonds. The molecule has 2 aromatic carbocycles. The Morgan fingerprint density at radius 2 is 1.14 bits per heavy atom. The van der Waals surface area contributed by atoms with Crippen molar-refractivity contribution >= 4 is 46.0 Å². The fraction of sp³-hybridized carbons (Fsp3) is 0.364. The molecular formula is C22H28N4S2. The summed E-state index contributed by atoms with van der Waals surface area (Å²) in [6, 6.07) is 20.1. The van der Waals surface area contributed by atoms with E-state index >= 15 is 0 Å². The molecular weight excluding hydrogens is 384 g/mol. The number of thiocarbonyl (C=S) groups is 2. The Bertz CT molecular complexity index is 688. The summed E-state index contributed by atoms with van der Waals surface area (Å²) in [6.07, 6.45) is 4.96. The molecule has 6 heteroatoms. The molecule has 28 heavy (non-hydrogen) atoms. The normalized spacial score (nSPS) is 18.7. The SMILES string of the molecule is S=C(NC[C@H]1CCC[C@@H](CNC(=S)Nc2ccccc2)C1)Nc1ccccc1. The molecule has 1 aliphatic carbocycles. The van der Waals surface area contributed by atoms with Crippen LogP contribution < -0.4 is 21.3 Å². The minimum Gasteiger partial charge on any atom is -0.362 e. The molecule has 148 valence electrons. The Morgan fingerprint density at radius 1 is 0.714 bits per heavy atom. The van der Waals surface area contributed by atoms with Gasteiger partial charge in [-0.1, -0.05) is 42.8 Å². The number of benzene rings is 2. The van der Waals surface area contributed by atoms with E-state index in [1.807, 2.05) is 60.7 Å². The van der Waals surface area contributed by atoms with E-state index in [9.17, 15) is 0 Å². The van der Waals surface area contributed by atoms with Gasteiger partial charge in [0.1, 0.15) is 0 Å². The third kappa shape index (κ3) is 7.09. The van der Waals surface area contributed by atoms with Crippen molar-refractivity contribution in [3.05, 3.63) is 60.7 Å². The van der Waals surface area contributed by atoms with E-state index < -0.39 is 0 Å². The Morgan fingerprint density at radius 3 is 1.57 bits per heavy atom. The second kappa shape index (κ2) is 11.0. The molecule has 0 unspecified atom stereocenters. The molecule has 4 N–H and O–H groups in total. The van der Waals surface area contributed by atoms with Crippen LogP contribution >= 0.6 is 24.4 Å².